The van der Waals surface area contributed by atoms with Crippen molar-refractivity contribution in [1.29, 1.82) is 0 Å². The number of thiophene rings is 1. The zero-order valence-corrected chi connectivity index (χ0v) is 13.4. The van der Waals surface area contributed by atoms with Crippen LogP contribution in [0, 0.1) is 6.92 Å². The normalized spacial score (nSPS) is 10.7. The molecule has 0 aliphatic heterocycles. The minimum absolute atomic E-state index is 0.563. The second-order valence-electron chi connectivity index (χ2n) is 4.23. The van der Waals surface area contributed by atoms with Crippen LogP contribution in [0.4, 0.5) is 11.6 Å². The van der Waals surface area contributed by atoms with Gasteiger partial charge in [-0.05, 0) is 41.4 Å². The molecule has 6 heteroatoms. The highest BCUT2D eigenvalue weighted by molar-refractivity contribution is 9.11. The first-order chi connectivity index (χ1) is 9.10. The highest BCUT2D eigenvalue weighted by Gasteiger charge is 2.07. The van der Waals surface area contributed by atoms with E-state index in [1.165, 1.54) is 8.66 Å². The quantitative estimate of drug-likeness (QED) is 0.875. The fraction of sp³-hybridized carbons (Fsp3) is 0.385. The van der Waals surface area contributed by atoms with Crippen LogP contribution in [-0.4, -0.2) is 16.5 Å². The fourth-order valence-electron chi connectivity index (χ4n) is 1.70. The number of rotatable bonds is 5. The number of nitrogens with two attached hydrogens (primary N) is 1. The first-order valence-corrected chi connectivity index (χ1v) is 7.82. The van der Waals surface area contributed by atoms with Crippen LogP contribution in [0.3, 0.4) is 0 Å². The predicted octanol–water partition coefficient (Wildman–Crippen LogP) is 3.41. The van der Waals surface area contributed by atoms with E-state index in [9.17, 15) is 0 Å². The van der Waals surface area contributed by atoms with Gasteiger partial charge in [0.05, 0.1) is 3.79 Å². The first-order valence-electron chi connectivity index (χ1n) is 6.21. The Bertz CT molecular complexity index is 568. The summed E-state index contributed by atoms with van der Waals surface area (Å²) >= 11 is 5.23. The molecule has 0 bridgehead atoms. The van der Waals surface area contributed by atoms with E-state index in [-0.39, 0.29) is 0 Å². The summed E-state index contributed by atoms with van der Waals surface area (Å²) in [5, 5.41) is 3.35. The zero-order valence-electron chi connectivity index (χ0n) is 11.0. The second-order valence-corrected chi connectivity index (χ2v) is 6.78. The second kappa shape index (κ2) is 6.34. The van der Waals surface area contributed by atoms with Crippen LogP contribution in [0.1, 0.15) is 23.2 Å². The molecule has 0 saturated carbocycles. The fourth-order valence-corrected chi connectivity index (χ4v) is 3.19. The molecule has 2 rings (SSSR count). The Kier molecular flexibility index (Phi) is 4.76. The van der Waals surface area contributed by atoms with Crippen LogP contribution in [-0.2, 0) is 12.8 Å². The summed E-state index contributed by atoms with van der Waals surface area (Å²) in [6, 6.07) is 4.21. The molecule has 19 heavy (non-hydrogen) atoms. The highest BCUT2D eigenvalue weighted by Crippen LogP contribution is 2.23. The van der Waals surface area contributed by atoms with Crippen molar-refractivity contribution in [3.05, 3.63) is 32.2 Å². The van der Waals surface area contributed by atoms with Gasteiger partial charge in [-0.3, -0.25) is 0 Å². The number of halogens is 1. The number of hydrogen-bond acceptors (Lipinski definition) is 5. The number of aromatic nitrogens is 2. The largest absolute Gasteiger partial charge is 0.383 e. The maximum Gasteiger partial charge on any atom is 0.134 e. The number of nitrogens with zero attached hydrogens (tertiary/aromatic N) is 2. The van der Waals surface area contributed by atoms with Gasteiger partial charge in [0, 0.05) is 23.4 Å². The number of anilines is 2. The lowest BCUT2D eigenvalue weighted by molar-refractivity contribution is 0.923. The Labute approximate surface area is 125 Å². The van der Waals surface area contributed by atoms with Crippen molar-refractivity contribution in [3.8, 4) is 0 Å². The van der Waals surface area contributed by atoms with Gasteiger partial charge in [0.25, 0.3) is 0 Å². The Balaban J connectivity index is 2.01. The smallest absolute Gasteiger partial charge is 0.134 e. The number of nitrogens with one attached hydrogen (secondary N) is 1. The van der Waals surface area contributed by atoms with E-state index >= 15 is 0 Å². The first kappa shape index (κ1) is 14.3. The topological polar surface area (TPSA) is 63.8 Å². The standard InChI is InChI=1S/C13H17BrN4S/c1-3-11-17-12(15)8(2)13(18-11)16-7-6-9-4-5-10(14)19-9/h4-5H,3,6-7H2,1-2H3,(H3,15,16,17,18). The molecule has 4 nitrogen and oxygen atoms in total. The molecule has 3 N–H and O–H groups in total. The van der Waals surface area contributed by atoms with Crippen LogP contribution in [0.25, 0.3) is 0 Å². The molecule has 0 aromatic carbocycles. The van der Waals surface area contributed by atoms with Gasteiger partial charge in [-0.2, -0.15) is 0 Å². The molecule has 2 aromatic rings. The third-order valence-corrected chi connectivity index (χ3v) is 4.52. The van der Waals surface area contributed by atoms with E-state index in [1.54, 1.807) is 11.3 Å². The average Bonchev–Trinajstić information content (AvgIpc) is 2.80. The van der Waals surface area contributed by atoms with E-state index in [0.717, 1.165) is 36.6 Å². The number of hydrogen-bond donors (Lipinski definition) is 2. The van der Waals surface area contributed by atoms with E-state index in [4.69, 9.17) is 5.73 Å². The van der Waals surface area contributed by atoms with Gasteiger partial charge < -0.3 is 11.1 Å². The summed E-state index contributed by atoms with van der Waals surface area (Å²) in [5.41, 5.74) is 6.81. The summed E-state index contributed by atoms with van der Waals surface area (Å²) in [6.45, 7) is 4.81. The van der Waals surface area contributed by atoms with Gasteiger partial charge in [-0.1, -0.05) is 6.92 Å². The maximum absolute atomic E-state index is 5.89. The van der Waals surface area contributed by atoms with Crippen molar-refractivity contribution >= 4 is 38.9 Å². The summed E-state index contributed by atoms with van der Waals surface area (Å²) in [7, 11) is 0. The van der Waals surface area contributed by atoms with E-state index in [2.05, 4.69) is 43.3 Å². The van der Waals surface area contributed by atoms with Crippen LogP contribution >= 0.6 is 27.3 Å². The molecule has 0 spiro atoms. The average molecular weight is 341 g/mol. The minimum atomic E-state index is 0.563. The molecule has 0 radical (unpaired) electrons. The summed E-state index contributed by atoms with van der Waals surface area (Å²) in [6.07, 6.45) is 1.76. The van der Waals surface area contributed by atoms with Gasteiger partial charge in [0.15, 0.2) is 0 Å². The third kappa shape index (κ3) is 3.67. The lowest BCUT2D eigenvalue weighted by Crippen LogP contribution is -2.11. The van der Waals surface area contributed by atoms with Gasteiger partial charge in [-0.25, -0.2) is 9.97 Å². The van der Waals surface area contributed by atoms with Gasteiger partial charge in [-0.15, -0.1) is 11.3 Å². The van der Waals surface area contributed by atoms with Crippen LogP contribution in [0.15, 0.2) is 15.9 Å². The van der Waals surface area contributed by atoms with Crippen molar-refractivity contribution in [2.75, 3.05) is 17.6 Å². The maximum atomic E-state index is 5.89. The minimum Gasteiger partial charge on any atom is -0.383 e. The van der Waals surface area contributed by atoms with Crippen molar-refractivity contribution in [2.45, 2.75) is 26.7 Å². The van der Waals surface area contributed by atoms with E-state index in [1.807, 2.05) is 13.8 Å². The SMILES string of the molecule is CCc1nc(N)c(C)c(NCCc2ccc(Br)s2)n1. The molecule has 0 aliphatic rings. The molecule has 0 amide bonds. The van der Waals surface area contributed by atoms with Crippen molar-refractivity contribution in [3.63, 3.8) is 0 Å². The molecule has 0 fully saturated rings. The van der Waals surface area contributed by atoms with Gasteiger partial charge in [0.1, 0.15) is 17.5 Å². The van der Waals surface area contributed by atoms with Crippen molar-refractivity contribution < 1.29 is 0 Å². The molecule has 0 atom stereocenters. The Morgan fingerprint density at radius 2 is 2.16 bits per heavy atom. The molecular weight excluding hydrogens is 324 g/mol. The lowest BCUT2D eigenvalue weighted by atomic mass is 10.3. The molecule has 2 heterocycles. The van der Waals surface area contributed by atoms with Gasteiger partial charge in [0.2, 0.25) is 0 Å². The Hall–Kier alpha value is -1.14. The molecule has 0 saturated heterocycles. The van der Waals surface area contributed by atoms with Crippen LogP contribution in [0.2, 0.25) is 0 Å². The van der Waals surface area contributed by atoms with Gasteiger partial charge >= 0.3 is 0 Å². The highest BCUT2D eigenvalue weighted by atomic mass is 79.9. The van der Waals surface area contributed by atoms with Crippen LogP contribution in [0.5, 0.6) is 0 Å². The summed E-state index contributed by atoms with van der Waals surface area (Å²) in [5.74, 6) is 2.19. The van der Waals surface area contributed by atoms with Crippen molar-refractivity contribution in [1.82, 2.24) is 9.97 Å². The predicted molar refractivity (Wildman–Crippen MR) is 84.8 cm³/mol. The Morgan fingerprint density at radius 1 is 1.37 bits per heavy atom. The number of aryl methyl sites for hydroxylation is 1. The lowest BCUT2D eigenvalue weighted by Gasteiger charge is -2.11. The van der Waals surface area contributed by atoms with Crippen molar-refractivity contribution in [2.24, 2.45) is 0 Å². The Morgan fingerprint density at radius 3 is 2.79 bits per heavy atom. The van der Waals surface area contributed by atoms with Crippen LogP contribution < -0.4 is 11.1 Å². The number of nitrogen functional groups attached to an aromatic ring is 1. The molecular formula is C13H17BrN4S. The van der Waals surface area contributed by atoms with E-state index in [0.29, 0.717) is 5.82 Å². The van der Waals surface area contributed by atoms with E-state index < -0.39 is 0 Å². The molecule has 2 aromatic heterocycles. The molecule has 0 unspecified atom stereocenters. The summed E-state index contributed by atoms with van der Waals surface area (Å²) in [4.78, 5) is 10.1. The zero-order chi connectivity index (χ0) is 13.8. The summed E-state index contributed by atoms with van der Waals surface area (Å²) < 4.78 is 1.17. The molecule has 102 valence electrons. The third-order valence-electron chi connectivity index (χ3n) is 2.84. The molecule has 0 aliphatic carbocycles. The monoisotopic (exact) mass is 340 g/mol.